The van der Waals surface area contributed by atoms with Crippen molar-refractivity contribution in [2.75, 3.05) is 12.0 Å². The molecule has 0 N–H and O–H groups in total. The van der Waals surface area contributed by atoms with Crippen LogP contribution in [0.4, 0.5) is 5.69 Å². The summed E-state index contributed by atoms with van der Waals surface area (Å²) in [6.45, 7) is 6.44. The molecule has 3 aromatic rings. The zero-order valence-electron chi connectivity index (χ0n) is 15.9. The van der Waals surface area contributed by atoms with Crippen LogP contribution in [0.5, 0.6) is 5.75 Å². The van der Waals surface area contributed by atoms with Gasteiger partial charge in [0.2, 0.25) is 0 Å². The van der Waals surface area contributed by atoms with Gasteiger partial charge in [0.15, 0.2) is 0 Å². The molecule has 27 heavy (non-hydrogen) atoms. The Kier molecular flexibility index (Phi) is 4.44. The van der Waals surface area contributed by atoms with Crippen LogP contribution in [0.15, 0.2) is 42.5 Å². The van der Waals surface area contributed by atoms with E-state index < -0.39 is 0 Å². The predicted molar refractivity (Wildman–Crippen MR) is 114 cm³/mol. The molecule has 0 bridgehead atoms. The summed E-state index contributed by atoms with van der Waals surface area (Å²) in [5, 5.41) is 1.48. The van der Waals surface area contributed by atoms with Gasteiger partial charge in [-0.05, 0) is 56.0 Å². The summed E-state index contributed by atoms with van der Waals surface area (Å²) in [5.41, 5.74) is 1.77. The lowest BCUT2D eigenvalue weighted by atomic mass is 9.80. The highest BCUT2D eigenvalue weighted by atomic mass is 35.5. The number of nitrogens with zero attached hydrogens (tertiary/aromatic N) is 1. The van der Waals surface area contributed by atoms with E-state index in [1.807, 2.05) is 47.4 Å². The monoisotopic (exact) mass is 399 g/mol. The summed E-state index contributed by atoms with van der Waals surface area (Å²) in [5.74, 6) is 1.11. The maximum atomic E-state index is 13.7. The first kappa shape index (κ1) is 18.3. The van der Waals surface area contributed by atoms with Crippen molar-refractivity contribution in [2.24, 2.45) is 0 Å². The zero-order chi connectivity index (χ0) is 19.3. The fourth-order valence-electron chi connectivity index (χ4n) is 4.17. The van der Waals surface area contributed by atoms with Gasteiger partial charge in [0.1, 0.15) is 10.6 Å². The van der Waals surface area contributed by atoms with Crippen molar-refractivity contribution in [3.63, 3.8) is 0 Å². The Labute approximate surface area is 168 Å². The number of carbonyl (C=O) groups is 1. The summed E-state index contributed by atoms with van der Waals surface area (Å²) in [6, 6.07) is 13.8. The van der Waals surface area contributed by atoms with Crippen molar-refractivity contribution in [1.82, 2.24) is 0 Å². The largest absolute Gasteiger partial charge is 0.497 e. The Bertz CT molecular complexity index is 1040. The zero-order valence-corrected chi connectivity index (χ0v) is 17.4. The van der Waals surface area contributed by atoms with Crippen molar-refractivity contribution in [1.29, 1.82) is 0 Å². The number of benzene rings is 2. The number of hydrogen-bond acceptors (Lipinski definition) is 3. The molecule has 3 nitrogen and oxygen atoms in total. The highest BCUT2D eigenvalue weighted by Crippen LogP contribution is 2.46. The third-order valence-electron chi connectivity index (χ3n) is 5.35. The number of ether oxygens (including phenoxy) is 1. The first-order valence-corrected chi connectivity index (χ1v) is 10.2. The Morgan fingerprint density at radius 3 is 2.70 bits per heavy atom. The van der Waals surface area contributed by atoms with E-state index in [-0.39, 0.29) is 11.4 Å². The maximum Gasteiger partial charge on any atom is 0.270 e. The molecule has 1 amide bonds. The van der Waals surface area contributed by atoms with Crippen LogP contribution in [0.25, 0.3) is 10.1 Å². The molecule has 0 unspecified atom stereocenters. The van der Waals surface area contributed by atoms with E-state index in [0.29, 0.717) is 15.8 Å². The molecule has 140 valence electrons. The molecular weight excluding hydrogens is 378 g/mol. The summed E-state index contributed by atoms with van der Waals surface area (Å²) in [6.07, 6.45) is 0.876. The SMILES string of the molecule is COc1ccc2c(c1)[C@@H](C)CC(C)(C)N2C(=O)c1sc2ccccc2c1Cl. The number of amides is 1. The van der Waals surface area contributed by atoms with E-state index >= 15 is 0 Å². The smallest absolute Gasteiger partial charge is 0.270 e. The van der Waals surface area contributed by atoms with E-state index in [2.05, 4.69) is 20.8 Å². The molecule has 4 rings (SSSR count). The molecule has 1 aliphatic rings. The third-order valence-corrected chi connectivity index (χ3v) is 7.01. The number of fused-ring (bicyclic) bond motifs is 2. The minimum Gasteiger partial charge on any atom is -0.497 e. The minimum absolute atomic E-state index is 0.0375. The van der Waals surface area contributed by atoms with Gasteiger partial charge in [-0.2, -0.15) is 0 Å². The van der Waals surface area contributed by atoms with Gasteiger partial charge >= 0.3 is 0 Å². The molecule has 0 saturated carbocycles. The minimum atomic E-state index is -0.308. The first-order valence-electron chi connectivity index (χ1n) is 9.03. The number of carbonyl (C=O) groups excluding carboxylic acids is 1. The highest BCUT2D eigenvalue weighted by Gasteiger charge is 2.41. The molecule has 1 aliphatic heterocycles. The predicted octanol–water partition coefficient (Wildman–Crippen LogP) is 6.50. The van der Waals surface area contributed by atoms with E-state index in [9.17, 15) is 4.79 Å². The van der Waals surface area contributed by atoms with Crippen LogP contribution in [0, 0.1) is 0 Å². The van der Waals surface area contributed by atoms with Crippen LogP contribution in [-0.4, -0.2) is 18.6 Å². The summed E-state index contributed by atoms with van der Waals surface area (Å²) < 4.78 is 6.43. The second-order valence-electron chi connectivity index (χ2n) is 7.72. The Morgan fingerprint density at radius 2 is 2.00 bits per heavy atom. The highest BCUT2D eigenvalue weighted by molar-refractivity contribution is 7.21. The number of methoxy groups -OCH3 is 1. The average molecular weight is 400 g/mol. The standard InChI is InChI=1S/C22H22ClNO2S/c1-13-12-22(2,3)24(17-10-9-14(26-4)11-16(13)17)21(25)20-19(23)15-7-5-6-8-18(15)27-20/h5-11,13H,12H2,1-4H3/t13-/m0/s1. The quantitative estimate of drug-likeness (QED) is 0.492. The third kappa shape index (κ3) is 2.91. The molecule has 0 aliphatic carbocycles. The number of halogens is 1. The molecule has 1 atom stereocenters. The molecule has 5 heteroatoms. The lowest BCUT2D eigenvalue weighted by molar-refractivity contribution is 0.0958. The van der Waals surface area contributed by atoms with Crippen molar-refractivity contribution in [2.45, 2.75) is 38.6 Å². The normalized spacial score (nSPS) is 18.4. The van der Waals surface area contributed by atoms with Gasteiger partial charge in [-0.25, -0.2) is 0 Å². The van der Waals surface area contributed by atoms with E-state index in [1.54, 1.807) is 7.11 Å². The van der Waals surface area contributed by atoms with E-state index in [4.69, 9.17) is 16.3 Å². The second-order valence-corrected chi connectivity index (χ2v) is 9.15. The van der Waals surface area contributed by atoms with E-state index in [1.165, 1.54) is 11.3 Å². The van der Waals surface area contributed by atoms with Gasteiger partial charge in [-0.3, -0.25) is 4.79 Å². The van der Waals surface area contributed by atoms with Crippen molar-refractivity contribution < 1.29 is 9.53 Å². The van der Waals surface area contributed by atoms with Crippen LogP contribution in [0.1, 0.15) is 48.3 Å². The molecule has 0 spiro atoms. The molecule has 2 aromatic carbocycles. The second kappa shape index (κ2) is 6.54. The molecule has 1 aromatic heterocycles. The van der Waals surface area contributed by atoms with Crippen LogP contribution in [0.3, 0.4) is 0 Å². The van der Waals surface area contributed by atoms with Crippen molar-refractivity contribution in [3.05, 3.63) is 57.9 Å². The van der Waals surface area contributed by atoms with Crippen molar-refractivity contribution >= 4 is 44.6 Å². The van der Waals surface area contributed by atoms with Crippen LogP contribution < -0.4 is 9.64 Å². The molecule has 2 heterocycles. The molecule has 0 radical (unpaired) electrons. The topological polar surface area (TPSA) is 29.5 Å². The lowest BCUT2D eigenvalue weighted by Gasteiger charge is -2.46. The Hall–Kier alpha value is -2.04. The number of rotatable bonds is 2. The van der Waals surface area contributed by atoms with Gasteiger partial charge in [0.25, 0.3) is 5.91 Å². The summed E-state index contributed by atoms with van der Waals surface area (Å²) >= 11 is 8.07. The fourth-order valence-corrected chi connectivity index (χ4v) is 5.61. The van der Waals surface area contributed by atoms with Gasteiger partial charge in [0.05, 0.1) is 12.1 Å². The summed E-state index contributed by atoms with van der Waals surface area (Å²) in [7, 11) is 1.67. The van der Waals surface area contributed by atoms with Gasteiger partial charge in [0, 0.05) is 21.3 Å². The van der Waals surface area contributed by atoms with Crippen molar-refractivity contribution in [3.8, 4) is 5.75 Å². The fraction of sp³-hybridized carbons (Fsp3) is 0.318. The molecular formula is C22H22ClNO2S. The molecule has 0 fully saturated rings. The average Bonchev–Trinajstić information content (AvgIpc) is 2.98. The maximum absolute atomic E-state index is 13.7. The summed E-state index contributed by atoms with van der Waals surface area (Å²) in [4.78, 5) is 16.2. The Morgan fingerprint density at radius 1 is 1.26 bits per heavy atom. The van der Waals surface area contributed by atoms with Crippen LogP contribution in [0.2, 0.25) is 5.02 Å². The van der Waals surface area contributed by atoms with E-state index in [0.717, 1.165) is 33.5 Å². The van der Waals surface area contributed by atoms with Gasteiger partial charge in [-0.15, -0.1) is 11.3 Å². The van der Waals surface area contributed by atoms with Gasteiger partial charge < -0.3 is 9.64 Å². The Balaban J connectivity index is 1.87. The van der Waals surface area contributed by atoms with Gasteiger partial charge in [-0.1, -0.05) is 36.7 Å². The lowest BCUT2D eigenvalue weighted by Crippen LogP contribution is -2.51. The van der Waals surface area contributed by atoms with Crippen LogP contribution in [-0.2, 0) is 0 Å². The van der Waals surface area contributed by atoms with Crippen LogP contribution >= 0.6 is 22.9 Å². The first-order chi connectivity index (χ1) is 12.8. The number of thiophene rings is 1. The number of anilines is 1. The number of hydrogen-bond donors (Lipinski definition) is 0. The molecule has 0 saturated heterocycles.